The van der Waals surface area contributed by atoms with E-state index in [2.05, 4.69) is 4.98 Å². The van der Waals surface area contributed by atoms with Crippen LogP contribution in [0, 0.1) is 6.92 Å². The normalized spacial score (nSPS) is 21.7. The summed E-state index contributed by atoms with van der Waals surface area (Å²) < 4.78 is 16.8. The van der Waals surface area contributed by atoms with Crippen molar-refractivity contribution in [1.29, 1.82) is 0 Å². The van der Waals surface area contributed by atoms with Crippen molar-refractivity contribution in [3.63, 3.8) is 0 Å². The highest BCUT2D eigenvalue weighted by Crippen LogP contribution is 2.44. The van der Waals surface area contributed by atoms with Crippen LogP contribution in [0.4, 0.5) is 4.79 Å². The van der Waals surface area contributed by atoms with E-state index in [0.29, 0.717) is 17.0 Å². The molecule has 1 fully saturated rings. The van der Waals surface area contributed by atoms with Crippen molar-refractivity contribution in [2.45, 2.75) is 71.6 Å². The maximum Gasteiger partial charge on any atom is 0.411 e. The SMILES string of the molecule is CC.COC(=O)C1CC2(CC(=O)c3c(c(C)nc4ccccc34)O2)CN1C(=O)OC(C)(C)C. The van der Waals surface area contributed by atoms with E-state index in [0.717, 1.165) is 10.9 Å². The number of rotatable bonds is 1. The van der Waals surface area contributed by atoms with Crippen molar-refractivity contribution in [1.82, 2.24) is 9.88 Å². The number of likely N-dealkylation sites (tertiary alicyclic amines) is 1. The largest absolute Gasteiger partial charge is 0.482 e. The van der Waals surface area contributed by atoms with E-state index < -0.39 is 29.3 Å². The number of benzene rings is 1. The average molecular weight is 457 g/mol. The fourth-order valence-corrected chi connectivity index (χ4v) is 4.36. The molecule has 8 nitrogen and oxygen atoms in total. The van der Waals surface area contributed by atoms with Crippen LogP contribution in [0.1, 0.15) is 63.5 Å². The van der Waals surface area contributed by atoms with Crippen LogP contribution in [0.25, 0.3) is 10.9 Å². The van der Waals surface area contributed by atoms with Gasteiger partial charge in [0.25, 0.3) is 0 Å². The van der Waals surface area contributed by atoms with Crippen LogP contribution in [-0.4, -0.2) is 58.6 Å². The van der Waals surface area contributed by atoms with E-state index in [1.54, 1.807) is 27.7 Å². The highest BCUT2D eigenvalue weighted by Gasteiger charge is 2.55. The molecule has 1 spiro atoms. The minimum Gasteiger partial charge on any atom is -0.482 e. The minimum atomic E-state index is -1.05. The number of ketones is 1. The summed E-state index contributed by atoms with van der Waals surface area (Å²) in [6.07, 6.45) is -0.466. The second-order valence-corrected chi connectivity index (χ2v) is 9.15. The molecular weight excluding hydrogens is 424 g/mol. The smallest absolute Gasteiger partial charge is 0.411 e. The second kappa shape index (κ2) is 9.00. The predicted molar refractivity (Wildman–Crippen MR) is 123 cm³/mol. The molecule has 3 heterocycles. The summed E-state index contributed by atoms with van der Waals surface area (Å²) in [7, 11) is 1.27. The van der Waals surface area contributed by atoms with Crippen molar-refractivity contribution in [2.24, 2.45) is 0 Å². The Morgan fingerprint density at radius 3 is 2.52 bits per heavy atom. The van der Waals surface area contributed by atoms with Crippen LogP contribution in [0.3, 0.4) is 0 Å². The molecular formula is C25H32N2O6. The van der Waals surface area contributed by atoms with Gasteiger partial charge < -0.3 is 14.2 Å². The van der Waals surface area contributed by atoms with Gasteiger partial charge in [-0.15, -0.1) is 0 Å². The fourth-order valence-electron chi connectivity index (χ4n) is 4.36. The molecule has 33 heavy (non-hydrogen) atoms. The molecule has 1 saturated heterocycles. The zero-order chi connectivity index (χ0) is 24.6. The zero-order valence-corrected chi connectivity index (χ0v) is 20.4. The number of hydrogen-bond donors (Lipinski definition) is 0. The molecule has 0 bridgehead atoms. The lowest BCUT2D eigenvalue weighted by atomic mass is 9.86. The lowest BCUT2D eigenvalue weighted by Gasteiger charge is -2.35. The molecule has 0 aliphatic carbocycles. The third kappa shape index (κ3) is 4.65. The monoisotopic (exact) mass is 456 g/mol. The molecule has 4 rings (SSSR count). The molecule has 2 unspecified atom stereocenters. The fraction of sp³-hybridized carbons (Fsp3) is 0.520. The number of aryl methyl sites for hydroxylation is 1. The first-order valence-corrected chi connectivity index (χ1v) is 11.2. The van der Waals surface area contributed by atoms with Gasteiger partial charge in [-0.2, -0.15) is 0 Å². The Morgan fingerprint density at radius 1 is 1.21 bits per heavy atom. The Labute approximate surface area is 194 Å². The van der Waals surface area contributed by atoms with Crippen LogP contribution >= 0.6 is 0 Å². The third-order valence-corrected chi connectivity index (χ3v) is 5.60. The standard InChI is InChI=1S/C23H26N2O6.C2H6/c1-13-19-18(14-8-6-7-9-15(14)24-13)17(26)11-23(30-19)10-16(20(27)29-5)25(12-23)21(28)31-22(2,3)4;1-2/h6-9,16H,10-12H2,1-5H3;1-2H3. The van der Waals surface area contributed by atoms with Gasteiger partial charge in [0.2, 0.25) is 0 Å². The molecule has 2 aliphatic heterocycles. The maximum atomic E-state index is 13.3. The first-order chi connectivity index (χ1) is 15.5. The average Bonchev–Trinajstić information content (AvgIpc) is 3.12. The maximum absolute atomic E-state index is 13.3. The molecule has 2 aromatic rings. The van der Waals surface area contributed by atoms with Gasteiger partial charge in [0.1, 0.15) is 17.2 Å². The summed E-state index contributed by atoms with van der Waals surface area (Å²) in [6, 6.07) is 6.52. The van der Waals surface area contributed by atoms with Gasteiger partial charge in [0.05, 0.1) is 36.8 Å². The Bertz CT molecular complexity index is 1090. The Balaban J connectivity index is 0.00000149. The number of carbonyl (C=O) groups excluding carboxylic acids is 3. The second-order valence-electron chi connectivity index (χ2n) is 9.15. The molecule has 178 valence electrons. The van der Waals surface area contributed by atoms with Crippen LogP contribution in [-0.2, 0) is 14.3 Å². The van der Waals surface area contributed by atoms with E-state index >= 15 is 0 Å². The molecule has 1 aromatic heterocycles. The van der Waals surface area contributed by atoms with Crippen LogP contribution in [0.15, 0.2) is 24.3 Å². The molecule has 0 saturated carbocycles. The number of fused-ring (bicyclic) bond motifs is 3. The van der Waals surface area contributed by atoms with Gasteiger partial charge in [0.15, 0.2) is 11.5 Å². The summed E-state index contributed by atoms with van der Waals surface area (Å²) >= 11 is 0. The molecule has 2 atom stereocenters. The van der Waals surface area contributed by atoms with E-state index in [9.17, 15) is 14.4 Å². The van der Waals surface area contributed by atoms with Gasteiger partial charge >= 0.3 is 12.1 Å². The number of methoxy groups -OCH3 is 1. The van der Waals surface area contributed by atoms with Gasteiger partial charge in [-0.1, -0.05) is 32.0 Å². The van der Waals surface area contributed by atoms with Gasteiger partial charge in [-0.3, -0.25) is 9.69 Å². The third-order valence-electron chi connectivity index (χ3n) is 5.60. The van der Waals surface area contributed by atoms with E-state index in [1.807, 2.05) is 38.1 Å². The number of Topliss-reactive ketones (excluding diaryl/α,β-unsaturated/α-hetero) is 1. The molecule has 2 aliphatic rings. The van der Waals surface area contributed by atoms with Gasteiger partial charge in [-0.25, -0.2) is 14.6 Å². The van der Waals surface area contributed by atoms with Gasteiger partial charge in [0, 0.05) is 11.8 Å². The van der Waals surface area contributed by atoms with Gasteiger partial charge in [-0.05, 0) is 33.8 Å². The molecule has 1 amide bonds. The van der Waals surface area contributed by atoms with Crippen molar-refractivity contribution in [3.05, 3.63) is 35.5 Å². The Kier molecular flexibility index (Phi) is 6.68. The predicted octanol–water partition coefficient (Wildman–Crippen LogP) is 4.46. The number of para-hydroxylation sites is 1. The number of esters is 1. The number of nitrogens with zero attached hydrogens (tertiary/aromatic N) is 2. The topological polar surface area (TPSA) is 95.0 Å². The zero-order valence-electron chi connectivity index (χ0n) is 20.4. The van der Waals surface area contributed by atoms with Crippen molar-refractivity contribution in [2.75, 3.05) is 13.7 Å². The lowest BCUT2D eigenvalue weighted by Crippen LogP contribution is -2.47. The first-order valence-electron chi connectivity index (χ1n) is 11.2. The van der Waals surface area contributed by atoms with Crippen LogP contribution in [0.5, 0.6) is 5.75 Å². The van der Waals surface area contributed by atoms with Crippen LogP contribution < -0.4 is 4.74 Å². The summed E-state index contributed by atoms with van der Waals surface area (Å²) in [5, 5.41) is 0.731. The number of hydrogen-bond acceptors (Lipinski definition) is 7. The molecule has 0 radical (unpaired) electrons. The van der Waals surface area contributed by atoms with Crippen molar-refractivity contribution in [3.8, 4) is 5.75 Å². The summed E-state index contributed by atoms with van der Waals surface area (Å²) in [5.41, 5.74) is 0.0312. The number of aromatic nitrogens is 1. The van der Waals surface area contributed by atoms with E-state index in [4.69, 9.17) is 14.2 Å². The number of carbonyl (C=O) groups is 3. The summed E-state index contributed by atoms with van der Waals surface area (Å²) in [6.45, 7) is 11.1. The summed E-state index contributed by atoms with van der Waals surface area (Å²) in [4.78, 5) is 44.5. The quantitative estimate of drug-likeness (QED) is 0.585. The number of ether oxygens (including phenoxy) is 3. The lowest BCUT2D eigenvalue weighted by molar-refractivity contribution is -0.145. The first kappa shape index (κ1) is 24.5. The minimum absolute atomic E-state index is 0.0408. The Hall–Kier alpha value is -3.16. The van der Waals surface area contributed by atoms with Crippen molar-refractivity contribution < 1.29 is 28.6 Å². The van der Waals surface area contributed by atoms with E-state index in [-0.39, 0.29) is 25.2 Å². The van der Waals surface area contributed by atoms with E-state index in [1.165, 1.54) is 12.0 Å². The highest BCUT2D eigenvalue weighted by molar-refractivity contribution is 6.11. The molecule has 1 aromatic carbocycles. The number of pyridine rings is 1. The van der Waals surface area contributed by atoms with Crippen LogP contribution in [0.2, 0.25) is 0 Å². The number of amides is 1. The summed E-state index contributed by atoms with van der Waals surface area (Å²) in [5.74, 6) is -0.264. The molecule has 8 heteroatoms. The highest BCUT2D eigenvalue weighted by atomic mass is 16.6. The molecule has 0 N–H and O–H groups in total. The van der Waals surface area contributed by atoms with Crippen molar-refractivity contribution >= 4 is 28.7 Å². The Morgan fingerprint density at radius 2 is 1.88 bits per heavy atom.